The normalized spacial score (nSPS) is 15.3. The van der Waals surface area contributed by atoms with Crippen LogP contribution in [0.25, 0.3) is 0 Å². The zero-order valence-corrected chi connectivity index (χ0v) is 15.8. The molecular weight excluding hydrogens is 352 g/mol. The van der Waals surface area contributed by atoms with E-state index in [2.05, 4.69) is 16.2 Å². The van der Waals surface area contributed by atoms with Crippen molar-refractivity contribution in [3.05, 3.63) is 29.3 Å². The molecule has 0 spiro atoms. The second-order valence-electron chi connectivity index (χ2n) is 6.85. The van der Waals surface area contributed by atoms with Gasteiger partial charge in [0.05, 0.1) is 0 Å². The molecule has 0 radical (unpaired) electrons. The number of urea groups is 1. The maximum Gasteiger partial charge on any atom is 0.325 e. The second-order valence-corrected chi connectivity index (χ2v) is 6.85. The molecule has 5 amide bonds. The summed E-state index contributed by atoms with van der Waals surface area (Å²) in [5.41, 5.74) is 5.47. The van der Waals surface area contributed by atoms with E-state index in [1.807, 2.05) is 26.0 Å². The zero-order valence-electron chi connectivity index (χ0n) is 15.8. The highest BCUT2D eigenvalue weighted by Crippen LogP contribution is 2.20. The van der Waals surface area contributed by atoms with E-state index in [4.69, 9.17) is 4.74 Å². The minimum atomic E-state index is -0.979. The number of amides is 5. The predicted molar refractivity (Wildman–Crippen MR) is 96.6 cm³/mol. The molecule has 1 aliphatic rings. The lowest BCUT2D eigenvalue weighted by atomic mass is 10.1. The van der Waals surface area contributed by atoms with Crippen molar-refractivity contribution in [3.63, 3.8) is 0 Å². The molecule has 0 atom stereocenters. The fourth-order valence-corrected chi connectivity index (χ4v) is 2.50. The van der Waals surface area contributed by atoms with Gasteiger partial charge in [-0.2, -0.15) is 0 Å². The highest BCUT2D eigenvalue weighted by Gasteiger charge is 2.43. The van der Waals surface area contributed by atoms with Crippen LogP contribution in [-0.4, -0.2) is 47.3 Å². The Bertz CT molecular complexity index is 775. The van der Waals surface area contributed by atoms with Crippen LogP contribution in [0.1, 0.15) is 31.4 Å². The molecule has 1 aromatic carbocycles. The average Bonchev–Trinajstić information content (AvgIpc) is 2.80. The van der Waals surface area contributed by atoms with E-state index >= 15 is 0 Å². The summed E-state index contributed by atoms with van der Waals surface area (Å²) in [5, 5.41) is 2.53. The molecule has 1 saturated heterocycles. The van der Waals surface area contributed by atoms with Gasteiger partial charge in [-0.15, -0.1) is 0 Å². The summed E-state index contributed by atoms with van der Waals surface area (Å²) < 4.78 is 5.43. The first-order chi connectivity index (χ1) is 12.6. The van der Waals surface area contributed by atoms with E-state index in [0.717, 1.165) is 16.0 Å². The fraction of sp³-hybridized carbons (Fsp3) is 0.444. The summed E-state index contributed by atoms with van der Waals surface area (Å²) >= 11 is 0. The molecule has 9 heteroatoms. The molecule has 0 aliphatic carbocycles. The van der Waals surface area contributed by atoms with Crippen molar-refractivity contribution in [2.75, 3.05) is 13.2 Å². The molecule has 2 rings (SSSR count). The number of carbonyl (C=O) groups excluding carboxylic acids is 4. The molecule has 1 heterocycles. The monoisotopic (exact) mass is 376 g/mol. The van der Waals surface area contributed by atoms with Gasteiger partial charge in [0, 0.05) is 13.0 Å². The van der Waals surface area contributed by atoms with Gasteiger partial charge in [0.25, 0.3) is 11.8 Å². The molecule has 0 unspecified atom stereocenters. The van der Waals surface area contributed by atoms with Gasteiger partial charge < -0.3 is 10.1 Å². The smallest absolute Gasteiger partial charge is 0.325 e. The zero-order chi connectivity index (χ0) is 20.2. The lowest BCUT2D eigenvalue weighted by Gasteiger charge is -2.16. The third kappa shape index (κ3) is 4.96. The predicted octanol–water partition coefficient (Wildman–Crippen LogP) is 0.550. The number of benzene rings is 1. The Morgan fingerprint density at radius 3 is 2.44 bits per heavy atom. The van der Waals surface area contributed by atoms with Crippen LogP contribution in [0.4, 0.5) is 4.79 Å². The van der Waals surface area contributed by atoms with Gasteiger partial charge in [-0.05, 0) is 44.9 Å². The molecule has 27 heavy (non-hydrogen) atoms. The van der Waals surface area contributed by atoms with E-state index < -0.39 is 29.3 Å². The summed E-state index contributed by atoms with van der Waals surface area (Å²) in [6.45, 7) is 6.67. The van der Waals surface area contributed by atoms with Crippen molar-refractivity contribution >= 4 is 23.8 Å². The van der Waals surface area contributed by atoms with Crippen LogP contribution in [0, 0.1) is 13.8 Å². The van der Waals surface area contributed by atoms with E-state index in [-0.39, 0.29) is 19.6 Å². The van der Waals surface area contributed by atoms with Gasteiger partial charge in [-0.3, -0.25) is 30.1 Å². The Morgan fingerprint density at radius 1 is 1.15 bits per heavy atom. The first-order valence-corrected chi connectivity index (χ1v) is 8.52. The van der Waals surface area contributed by atoms with Crippen molar-refractivity contribution in [2.45, 2.75) is 39.7 Å². The Balaban J connectivity index is 1.72. The van der Waals surface area contributed by atoms with Gasteiger partial charge in [-0.25, -0.2) is 4.79 Å². The number of carbonyl (C=O) groups is 4. The maximum atomic E-state index is 12.0. The number of nitrogens with one attached hydrogen (secondary N) is 3. The molecule has 0 aromatic heterocycles. The second kappa shape index (κ2) is 8.07. The highest BCUT2D eigenvalue weighted by molar-refractivity contribution is 6.06. The number of hydrogen-bond acceptors (Lipinski definition) is 5. The average molecular weight is 376 g/mol. The molecule has 146 valence electrons. The molecule has 9 nitrogen and oxygen atoms in total. The Morgan fingerprint density at radius 2 is 1.81 bits per heavy atom. The Kier molecular flexibility index (Phi) is 6.04. The lowest BCUT2D eigenvalue weighted by Crippen LogP contribution is -2.45. The first kappa shape index (κ1) is 20.2. The maximum absolute atomic E-state index is 12.0. The lowest BCUT2D eigenvalue weighted by molar-refractivity contribution is -0.132. The number of hydrogen-bond donors (Lipinski definition) is 3. The van der Waals surface area contributed by atoms with E-state index in [9.17, 15) is 19.2 Å². The fourth-order valence-electron chi connectivity index (χ4n) is 2.50. The number of hydrazine groups is 1. The van der Waals surface area contributed by atoms with Crippen molar-refractivity contribution in [3.8, 4) is 5.75 Å². The van der Waals surface area contributed by atoms with Gasteiger partial charge in [0.15, 0.2) is 6.61 Å². The molecule has 1 aliphatic heterocycles. The van der Waals surface area contributed by atoms with E-state index in [1.165, 1.54) is 0 Å². The topological polar surface area (TPSA) is 117 Å². The minimum Gasteiger partial charge on any atom is -0.483 e. The van der Waals surface area contributed by atoms with Crippen LogP contribution in [0.2, 0.25) is 0 Å². The van der Waals surface area contributed by atoms with Crippen molar-refractivity contribution in [1.82, 2.24) is 21.1 Å². The summed E-state index contributed by atoms with van der Waals surface area (Å²) in [5.74, 6) is -0.857. The standard InChI is InChI=1S/C18H24N4O5/c1-11-6-5-7-13(12(11)2)27-10-15(24)21-20-14(23)8-9-22-16(25)18(3,4)19-17(22)26/h5-7H,8-10H2,1-4H3,(H,19,26)(H,20,23)(H,21,24). The van der Waals surface area contributed by atoms with Crippen LogP contribution >= 0.6 is 0 Å². The SMILES string of the molecule is Cc1cccc(OCC(=O)NNC(=O)CCN2C(=O)NC(C)(C)C2=O)c1C. The first-order valence-electron chi connectivity index (χ1n) is 8.52. The Hall–Kier alpha value is -3.10. The number of nitrogens with zero attached hydrogens (tertiary/aromatic N) is 1. The summed E-state index contributed by atoms with van der Waals surface area (Å²) in [4.78, 5) is 48.3. The summed E-state index contributed by atoms with van der Waals surface area (Å²) in [6, 6.07) is 4.99. The van der Waals surface area contributed by atoms with Gasteiger partial charge >= 0.3 is 6.03 Å². The van der Waals surface area contributed by atoms with E-state index in [0.29, 0.717) is 5.75 Å². The van der Waals surface area contributed by atoms with Crippen LogP contribution in [-0.2, 0) is 14.4 Å². The highest BCUT2D eigenvalue weighted by atomic mass is 16.5. The van der Waals surface area contributed by atoms with Crippen molar-refractivity contribution < 1.29 is 23.9 Å². The minimum absolute atomic E-state index is 0.0746. The largest absolute Gasteiger partial charge is 0.483 e. The molecule has 3 N–H and O–H groups in total. The summed E-state index contributed by atoms with van der Waals surface area (Å²) in [7, 11) is 0. The van der Waals surface area contributed by atoms with Crippen LogP contribution < -0.4 is 20.9 Å². The third-order valence-electron chi connectivity index (χ3n) is 4.26. The Labute approximate surface area is 157 Å². The number of aryl methyl sites for hydroxylation is 1. The van der Waals surface area contributed by atoms with Gasteiger partial charge in [0.2, 0.25) is 5.91 Å². The van der Waals surface area contributed by atoms with E-state index in [1.54, 1.807) is 19.9 Å². The van der Waals surface area contributed by atoms with Crippen LogP contribution in [0.15, 0.2) is 18.2 Å². The molecule has 0 saturated carbocycles. The molecule has 1 fully saturated rings. The third-order valence-corrected chi connectivity index (χ3v) is 4.26. The summed E-state index contributed by atoms with van der Waals surface area (Å²) in [6.07, 6.45) is -0.132. The van der Waals surface area contributed by atoms with Crippen molar-refractivity contribution in [1.29, 1.82) is 0 Å². The number of ether oxygens (including phenoxy) is 1. The van der Waals surface area contributed by atoms with Crippen LogP contribution in [0.5, 0.6) is 5.75 Å². The van der Waals surface area contributed by atoms with Crippen molar-refractivity contribution in [2.24, 2.45) is 0 Å². The van der Waals surface area contributed by atoms with Gasteiger partial charge in [0.1, 0.15) is 11.3 Å². The number of rotatable bonds is 6. The molecule has 0 bridgehead atoms. The van der Waals surface area contributed by atoms with Gasteiger partial charge in [-0.1, -0.05) is 12.1 Å². The molecule has 1 aromatic rings. The number of imide groups is 1. The quantitative estimate of drug-likeness (QED) is 0.495. The molecular formula is C18H24N4O5. The van der Waals surface area contributed by atoms with Crippen LogP contribution in [0.3, 0.4) is 0 Å².